The number of imidazole rings is 1. The molecule has 0 saturated carbocycles. The lowest BCUT2D eigenvalue weighted by Crippen LogP contribution is -2.34. The van der Waals surface area contributed by atoms with Gasteiger partial charge >= 0.3 is 0 Å². The van der Waals surface area contributed by atoms with Gasteiger partial charge in [0.1, 0.15) is 5.52 Å². The van der Waals surface area contributed by atoms with Gasteiger partial charge < -0.3 is 4.90 Å². The summed E-state index contributed by atoms with van der Waals surface area (Å²) in [4.78, 5) is 11.7. The van der Waals surface area contributed by atoms with Crippen LogP contribution < -0.4 is 4.90 Å². The van der Waals surface area contributed by atoms with E-state index in [1.807, 2.05) is 24.7 Å². The number of nitrogens with one attached hydrogen (secondary N) is 1. The monoisotopic (exact) mass is 332 g/mol. The summed E-state index contributed by atoms with van der Waals surface area (Å²) >= 11 is 0. The smallest absolute Gasteiger partial charge is 0.155 e. The summed E-state index contributed by atoms with van der Waals surface area (Å²) in [5, 5.41) is 7.51. The maximum atomic E-state index is 4.94. The molecule has 1 N–H and O–H groups in total. The zero-order valence-corrected chi connectivity index (χ0v) is 14.2. The Balaban J connectivity index is 1.48. The van der Waals surface area contributed by atoms with Gasteiger partial charge in [-0.1, -0.05) is 12.1 Å². The summed E-state index contributed by atoms with van der Waals surface area (Å²) in [7, 11) is 0. The van der Waals surface area contributed by atoms with E-state index in [0.29, 0.717) is 5.92 Å². The molecule has 6 heteroatoms. The minimum Gasteiger partial charge on any atom is -0.355 e. The van der Waals surface area contributed by atoms with Gasteiger partial charge in [-0.2, -0.15) is 5.10 Å². The normalized spacial score (nSPS) is 16.1. The second-order valence-corrected chi connectivity index (χ2v) is 6.81. The molecule has 0 spiro atoms. The molecule has 1 aromatic carbocycles. The van der Waals surface area contributed by atoms with Crippen LogP contribution in [-0.4, -0.2) is 37.7 Å². The Morgan fingerprint density at radius 2 is 1.96 bits per heavy atom. The summed E-state index contributed by atoms with van der Waals surface area (Å²) in [6.07, 6.45) is 5.98. The Bertz CT molecular complexity index is 1040. The molecule has 0 amide bonds. The molecule has 0 radical (unpaired) electrons. The first-order valence-electron chi connectivity index (χ1n) is 8.77. The highest BCUT2D eigenvalue weighted by atomic mass is 15.2. The molecule has 1 aliphatic heterocycles. The number of nitrogens with zero attached hydrogens (tertiary/aromatic N) is 5. The average molecular weight is 332 g/mol. The number of benzene rings is 1. The molecule has 126 valence electrons. The largest absolute Gasteiger partial charge is 0.355 e. The third-order valence-corrected chi connectivity index (χ3v) is 5.17. The molecule has 5 rings (SSSR count). The molecule has 1 fully saturated rings. The Hall–Kier alpha value is -2.89. The fourth-order valence-corrected chi connectivity index (χ4v) is 3.85. The number of rotatable bonds is 2. The number of aromatic nitrogens is 5. The highest BCUT2D eigenvalue weighted by molar-refractivity contribution is 5.84. The molecule has 1 saturated heterocycles. The van der Waals surface area contributed by atoms with E-state index in [2.05, 4.69) is 49.6 Å². The lowest BCUT2D eigenvalue weighted by molar-refractivity contribution is 0.494. The summed E-state index contributed by atoms with van der Waals surface area (Å²) in [6.45, 7) is 4.03. The quantitative estimate of drug-likeness (QED) is 0.612. The van der Waals surface area contributed by atoms with E-state index >= 15 is 0 Å². The Labute approximate surface area is 145 Å². The molecule has 1 aliphatic rings. The molecule has 0 unspecified atom stereocenters. The maximum absolute atomic E-state index is 4.94. The zero-order chi connectivity index (χ0) is 16.8. The predicted octanol–water partition coefficient (Wildman–Crippen LogP) is 3.30. The van der Waals surface area contributed by atoms with Gasteiger partial charge in [0.15, 0.2) is 5.82 Å². The van der Waals surface area contributed by atoms with Crippen LogP contribution in [0.3, 0.4) is 0 Å². The van der Waals surface area contributed by atoms with Crippen LogP contribution in [0.4, 0.5) is 5.82 Å². The molecule has 3 aromatic heterocycles. The highest BCUT2D eigenvalue weighted by Crippen LogP contribution is 2.32. The number of H-pyrrole nitrogens is 1. The first-order valence-corrected chi connectivity index (χ1v) is 8.77. The van der Waals surface area contributed by atoms with Gasteiger partial charge in [0.05, 0.1) is 29.3 Å². The Kier molecular flexibility index (Phi) is 3.23. The summed E-state index contributed by atoms with van der Waals surface area (Å²) in [6, 6.07) is 10.4. The lowest BCUT2D eigenvalue weighted by Gasteiger charge is -2.32. The van der Waals surface area contributed by atoms with Crippen molar-refractivity contribution < 1.29 is 0 Å². The van der Waals surface area contributed by atoms with Crippen molar-refractivity contribution in [3.05, 3.63) is 54.2 Å². The van der Waals surface area contributed by atoms with Crippen LogP contribution in [-0.2, 0) is 0 Å². The molecular weight excluding hydrogens is 312 g/mol. The van der Waals surface area contributed by atoms with Crippen LogP contribution in [0.2, 0.25) is 0 Å². The average Bonchev–Trinajstić information content (AvgIpc) is 3.30. The number of fused-ring (bicyclic) bond motifs is 3. The van der Waals surface area contributed by atoms with E-state index in [1.54, 1.807) is 0 Å². The van der Waals surface area contributed by atoms with Crippen molar-refractivity contribution in [2.75, 3.05) is 18.0 Å². The van der Waals surface area contributed by atoms with Crippen molar-refractivity contribution >= 4 is 22.4 Å². The molecular formula is C19H20N6. The van der Waals surface area contributed by atoms with E-state index < -0.39 is 0 Å². The minimum atomic E-state index is 0.530. The van der Waals surface area contributed by atoms with Gasteiger partial charge in [0.2, 0.25) is 0 Å². The SMILES string of the molecule is Cc1cc(C2CCN(c3nc4ccccc4n4cncc34)CC2)n[nH]1. The van der Waals surface area contributed by atoms with Gasteiger partial charge in [-0.15, -0.1) is 0 Å². The van der Waals surface area contributed by atoms with Crippen LogP contribution in [0, 0.1) is 6.92 Å². The van der Waals surface area contributed by atoms with Gasteiger partial charge in [0.25, 0.3) is 0 Å². The number of hydrogen-bond donors (Lipinski definition) is 1. The summed E-state index contributed by atoms with van der Waals surface area (Å²) < 4.78 is 2.14. The number of piperidine rings is 1. The van der Waals surface area contributed by atoms with Crippen LogP contribution in [0.15, 0.2) is 42.9 Å². The van der Waals surface area contributed by atoms with Crippen molar-refractivity contribution in [1.82, 2.24) is 24.6 Å². The van der Waals surface area contributed by atoms with Crippen LogP contribution in [0.25, 0.3) is 16.6 Å². The topological polar surface area (TPSA) is 62.1 Å². The number of anilines is 1. The molecule has 0 bridgehead atoms. The number of para-hydroxylation sites is 2. The van der Waals surface area contributed by atoms with E-state index in [-0.39, 0.29) is 0 Å². The molecule has 4 heterocycles. The predicted molar refractivity (Wildman–Crippen MR) is 98.0 cm³/mol. The Morgan fingerprint density at radius 1 is 1.12 bits per heavy atom. The van der Waals surface area contributed by atoms with Crippen molar-refractivity contribution in [2.45, 2.75) is 25.7 Å². The second-order valence-electron chi connectivity index (χ2n) is 6.81. The van der Waals surface area contributed by atoms with Gasteiger partial charge in [0, 0.05) is 24.7 Å². The Morgan fingerprint density at radius 3 is 2.76 bits per heavy atom. The van der Waals surface area contributed by atoms with Gasteiger partial charge in [-0.05, 0) is 38.0 Å². The van der Waals surface area contributed by atoms with Gasteiger partial charge in [-0.25, -0.2) is 9.97 Å². The molecule has 6 nitrogen and oxygen atoms in total. The number of aryl methyl sites for hydroxylation is 1. The first kappa shape index (κ1) is 14.5. The third kappa shape index (κ3) is 2.36. The van der Waals surface area contributed by atoms with Gasteiger partial charge in [-0.3, -0.25) is 9.50 Å². The standard InChI is InChI=1S/C19H20N6/c1-13-10-16(23-22-13)14-6-8-24(9-7-14)19-18-11-20-12-25(18)17-5-3-2-4-15(17)21-19/h2-5,10-12,14H,6-9H2,1H3,(H,22,23). The zero-order valence-electron chi connectivity index (χ0n) is 14.2. The van der Waals surface area contributed by atoms with E-state index in [1.165, 1.54) is 5.69 Å². The molecule has 0 aliphatic carbocycles. The van der Waals surface area contributed by atoms with Crippen LogP contribution in [0.1, 0.15) is 30.1 Å². The van der Waals surface area contributed by atoms with Crippen molar-refractivity contribution in [3.8, 4) is 0 Å². The fourth-order valence-electron chi connectivity index (χ4n) is 3.85. The molecule has 0 atom stereocenters. The van der Waals surface area contributed by atoms with Crippen LogP contribution in [0.5, 0.6) is 0 Å². The molecule has 4 aromatic rings. The van der Waals surface area contributed by atoms with Crippen LogP contribution >= 0.6 is 0 Å². The maximum Gasteiger partial charge on any atom is 0.155 e. The van der Waals surface area contributed by atoms with E-state index in [4.69, 9.17) is 4.98 Å². The van der Waals surface area contributed by atoms with E-state index in [9.17, 15) is 0 Å². The minimum absolute atomic E-state index is 0.530. The van der Waals surface area contributed by atoms with Crippen molar-refractivity contribution in [2.24, 2.45) is 0 Å². The lowest BCUT2D eigenvalue weighted by atomic mass is 9.93. The van der Waals surface area contributed by atoms with E-state index in [0.717, 1.165) is 54.0 Å². The summed E-state index contributed by atoms with van der Waals surface area (Å²) in [5.41, 5.74) is 5.51. The third-order valence-electron chi connectivity index (χ3n) is 5.17. The summed E-state index contributed by atoms with van der Waals surface area (Å²) in [5.74, 6) is 1.57. The van der Waals surface area contributed by atoms with Crippen molar-refractivity contribution in [1.29, 1.82) is 0 Å². The molecule has 25 heavy (non-hydrogen) atoms. The number of hydrogen-bond acceptors (Lipinski definition) is 4. The highest BCUT2D eigenvalue weighted by Gasteiger charge is 2.25. The van der Waals surface area contributed by atoms with Crippen molar-refractivity contribution in [3.63, 3.8) is 0 Å². The second kappa shape index (κ2) is 5.58. The fraction of sp³-hybridized carbons (Fsp3) is 0.316. The first-order chi connectivity index (χ1) is 12.3. The number of aromatic amines is 1.